The van der Waals surface area contributed by atoms with E-state index in [1.54, 1.807) is 0 Å². The molecule has 0 aliphatic heterocycles. The molecule has 0 aromatic carbocycles. The van der Waals surface area contributed by atoms with E-state index >= 15 is 0 Å². The molecular formula is C19H23N8+. The number of nitrogens with zero attached hydrogens (tertiary/aromatic N) is 5. The van der Waals surface area contributed by atoms with Gasteiger partial charge in [-0.2, -0.15) is 4.68 Å². The van der Waals surface area contributed by atoms with E-state index in [0.717, 1.165) is 52.0 Å². The van der Waals surface area contributed by atoms with Crippen molar-refractivity contribution in [2.75, 3.05) is 12.3 Å². The summed E-state index contributed by atoms with van der Waals surface area (Å²) in [5, 5.41) is 1.00. The van der Waals surface area contributed by atoms with E-state index in [1.807, 2.05) is 41.9 Å². The molecule has 4 aromatic rings. The van der Waals surface area contributed by atoms with Gasteiger partial charge in [0, 0.05) is 34.6 Å². The lowest BCUT2D eigenvalue weighted by atomic mass is 10.1. The van der Waals surface area contributed by atoms with Crippen LogP contribution in [0.25, 0.3) is 33.4 Å². The molecule has 8 heteroatoms. The van der Waals surface area contributed by atoms with Crippen molar-refractivity contribution in [1.82, 2.24) is 24.6 Å². The zero-order valence-corrected chi connectivity index (χ0v) is 15.5. The highest BCUT2D eigenvalue weighted by Crippen LogP contribution is 2.30. The Kier molecular flexibility index (Phi) is 4.33. The Morgan fingerprint density at radius 2 is 2.07 bits per heavy atom. The van der Waals surface area contributed by atoms with Gasteiger partial charge in [0.05, 0.1) is 24.5 Å². The molecule has 0 aliphatic rings. The van der Waals surface area contributed by atoms with Crippen LogP contribution in [0.2, 0.25) is 0 Å². The number of fused-ring (bicyclic) bond motifs is 1. The third-order valence-corrected chi connectivity index (χ3v) is 4.72. The molecule has 0 unspecified atom stereocenters. The number of hydrogen-bond donors (Lipinski definition) is 3. The van der Waals surface area contributed by atoms with Crippen molar-refractivity contribution >= 4 is 17.0 Å². The van der Waals surface area contributed by atoms with Crippen molar-refractivity contribution in [2.24, 2.45) is 19.8 Å². The predicted octanol–water partition coefficient (Wildman–Crippen LogP) is 1.32. The van der Waals surface area contributed by atoms with Crippen LogP contribution in [0.1, 0.15) is 12.1 Å². The van der Waals surface area contributed by atoms with Gasteiger partial charge in [-0.3, -0.25) is 0 Å². The predicted molar refractivity (Wildman–Crippen MR) is 104 cm³/mol. The number of nitrogens with two attached hydrogens (primary N) is 2. The number of aromatic nitrogens is 6. The zero-order valence-electron chi connectivity index (χ0n) is 15.5. The first kappa shape index (κ1) is 17.2. The van der Waals surface area contributed by atoms with E-state index in [1.165, 1.54) is 0 Å². The first-order valence-electron chi connectivity index (χ1n) is 8.89. The number of H-pyrrole nitrogens is 1. The van der Waals surface area contributed by atoms with Gasteiger partial charge in [0.2, 0.25) is 12.1 Å². The van der Waals surface area contributed by atoms with Crippen LogP contribution >= 0.6 is 0 Å². The minimum atomic E-state index is 0.271. The third kappa shape index (κ3) is 3.26. The summed E-state index contributed by atoms with van der Waals surface area (Å²) < 4.78 is 4.04. The van der Waals surface area contributed by atoms with Crippen LogP contribution in [-0.2, 0) is 20.5 Å². The van der Waals surface area contributed by atoms with Crippen molar-refractivity contribution in [3.63, 3.8) is 0 Å². The van der Waals surface area contributed by atoms with Crippen molar-refractivity contribution in [3.05, 3.63) is 42.6 Å². The summed E-state index contributed by atoms with van der Waals surface area (Å²) in [7, 11) is 4.01. The molecule has 0 saturated heterocycles. The quantitative estimate of drug-likeness (QED) is 0.463. The number of rotatable bonds is 5. The fraction of sp³-hybridized carbons (Fsp3) is 0.263. The van der Waals surface area contributed by atoms with Gasteiger partial charge in [-0.15, -0.1) is 4.68 Å². The fourth-order valence-electron chi connectivity index (χ4n) is 3.21. The Balaban J connectivity index is 1.80. The summed E-state index contributed by atoms with van der Waals surface area (Å²) in [6.07, 6.45) is 9.58. The molecule has 138 valence electrons. The average molecular weight is 363 g/mol. The Labute approximate surface area is 156 Å². The van der Waals surface area contributed by atoms with Gasteiger partial charge < -0.3 is 16.5 Å². The van der Waals surface area contributed by atoms with Crippen molar-refractivity contribution < 1.29 is 4.68 Å². The smallest absolute Gasteiger partial charge is 0.220 e. The molecule has 0 atom stereocenters. The maximum absolute atomic E-state index is 5.94. The van der Waals surface area contributed by atoms with E-state index in [0.29, 0.717) is 6.54 Å². The molecule has 4 heterocycles. The first-order chi connectivity index (χ1) is 13.0. The topological polar surface area (TPSA) is 115 Å². The Bertz CT molecular complexity index is 1090. The molecule has 0 saturated carbocycles. The van der Waals surface area contributed by atoms with E-state index in [4.69, 9.17) is 11.5 Å². The lowest BCUT2D eigenvalue weighted by molar-refractivity contribution is -0.751. The van der Waals surface area contributed by atoms with E-state index in [-0.39, 0.29) is 5.95 Å². The summed E-state index contributed by atoms with van der Waals surface area (Å²) >= 11 is 0. The molecular weight excluding hydrogens is 340 g/mol. The first-order valence-corrected chi connectivity index (χ1v) is 8.89. The van der Waals surface area contributed by atoms with Crippen molar-refractivity contribution in [1.29, 1.82) is 0 Å². The average Bonchev–Trinajstić information content (AvgIpc) is 3.22. The summed E-state index contributed by atoms with van der Waals surface area (Å²) in [5.41, 5.74) is 17.2. The second-order valence-electron chi connectivity index (χ2n) is 6.68. The summed E-state index contributed by atoms with van der Waals surface area (Å²) in [6.45, 7) is 0.619. The summed E-state index contributed by atoms with van der Waals surface area (Å²) in [5.74, 6) is 0.271. The molecule has 0 fully saturated rings. The molecule has 0 amide bonds. The van der Waals surface area contributed by atoms with Crippen LogP contribution in [0.3, 0.4) is 0 Å². The van der Waals surface area contributed by atoms with Crippen LogP contribution in [0.4, 0.5) is 5.95 Å². The SMILES string of the molecule is Cn1cc(-c2cnc3[nH]cc(-c4cc(CCCN)nc(N)n4)c3c2)c[n+]1C. The number of pyridine rings is 1. The lowest BCUT2D eigenvalue weighted by Gasteiger charge is -2.05. The Morgan fingerprint density at radius 1 is 1.22 bits per heavy atom. The van der Waals surface area contributed by atoms with Crippen LogP contribution in [-0.4, -0.2) is 31.2 Å². The van der Waals surface area contributed by atoms with E-state index < -0.39 is 0 Å². The standard InChI is InChI=1S/C19H23N8/c1-26-10-13(11-27(26)2)12-6-15-16(9-23-18(15)22-8-12)17-7-14(4-3-5-20)24-19(21)25-17/h6-11H,3-5,20H2,1-2H3,(H,22,23)(H2,21,24,25)/q+1. The van der Waals surface area contributed by atoms with Crippen LogP contribution in [0.15, 0.2) is 36.9 Å². The Morgan fingerprint density at radius 3 is 2.81 bits per heavy atom. The molecule has 0 bridgehead atoms. The molecule has 0 spiro atoms. The minimum absolute atomic E-state index is 0.271. The van der Waals surface area contributed by atoms with E-state index in [2.05, 4.69) is 38.4 Å². The molecule has 27 heavy (non-hydrogen) atoms. The Hall–Kier alpha value is -3.26. The molecule has 4 aromatic heterocycles. The second kappa shape index (κ2) is 6.81. The zero-order chi connectivity index (χ0) is 19.0. The largest absolute Gasteiger partial charge is 0.368 e. The van der Waals surface area contributed by atoms with Gasteiger partial charge in [-0.05, 0) is 31.5 Å². The molecule has 8 nitrogen and oxygen atoms in total. The van der Waals surface area contributed by atoms with Gasteiger partial charge in [0.15, 0.2) is 7.05 Å². The molecule has 0 radical (unpaired) electrons. The summed E-state index contributed by atoms with van der Waals surface area (Å²) in [4.78, 5) is 16.5. The highest BCUT2D eigenvalue weighted by atomic mass is 15.4. The maximum atomic E-state index is 5.94. The van der Waals surface area contributed by atoms with Crippen LogP contribution in [0, 0.1) is 0 Å². The minimum Gasteiger partial charge on any atom is -0.368 e. The number of aryl methyl sites for hydroxylation is 3. The van der Waals surface area contributed by atoms with Crippen LogP contribution in [0.5, 0.6) is 0 Å². The van der Waals surface area contributed by atoms with E-state index in [9.17, 15) is 0 Å². The number of nitrogens with one attached hydrogen (secondary N) is 1. The maximum Gasteiger partial charge on any atom is 0.220 e. The monoisotopic (exact) mass is 363 g/mol. The normalized spacial score (nSPS) is 11.4. The fourth-order valence-corrected chi connectivity index (χ4v) is 3.21. The molecule has 0 aliphatic carbocycles. The molecule has 5 N–H and O–H groups in total. The molecule has 4 rings (SSSR count). The second-order valence-corrected chi connectivity index (χ2v) is 6.68. The number of hydrogen-bond acceptors (Lipinski definition) is 5. The number of anilines is 1. The number of nitrogen functional groups attached to an aromatic ring is 1. The number of aromatic amines is 1. The van der Waals surface area contributed by atoms with Gasteiger partial charge in [-0.1, -0.05) is 0 Å². The lowest BCUT2D eigenvalue weighted by Crippen LogP contribution is -2.35. The van der Waals surface area contributed by atoms with Crippen molar-refractivity contribution in [3.8, 4) is 22.4 Å². The highest BCUT2D eigenvalue weighted by molar-refractivity contribution is 5.94. The van der Waals surface area contributed by atoms with Gasteiger partial charge in [0.25, 0.3) is 0 Å². The van der Waals surface area contributed by atoms with Gasteiger partial charge in [-0.25, -0.2) is 15.0 Å². The van der Waals surface area contributed by atoms with Crippen LogP contribution < -0.4 is 16.1 Å². The van der Waals surface area contributed by atoms with Gasteiger partial charge in [0.1, 0.15) is 5.65 Å². The van der Waals surface area contributed by atoms with Crippen molar-refractivity contribution in [2.45, 2.75) is 12.8 Å². The van der Waals surface area contributed by atoms with Gasteiger partial charge >= 0.3 is 0 Å². The summed E-state index contributed by atoms with van der Waals surface area (Å²) in [6, 6.07) is 4.10. The third-order valence-electron chi connectivity index (χ3n) is 4.72. The highest BCUT2D eigenvalue weighted by Gasteiger charge is 2.14.